The molecule has 0 aliphatic rings. The number of carbonyl (C=O) groups is 2. The van der Waals surface area contributed by atoms with Gasteiger partial charge in [-0.05, 0) is 32.0 Å². The van der Waals surface area contributed by atoms with Crippen molar-refractivity contribution in [2.75, 3.05) is 19.5 Å². The van der Waals surface area contributed by atoms with Crippen LogP contribution in [0.3, 0.4) is 0 Å². The van der Waals surface area contributed by atoms with Gasteiger partial charge in [-0.1, -0.05) is 0 Å². The van der Waals surface area contributed by atoms with Crippen LogP contribution < -0.4 is 5.32 Å². The minimum Gasteiger partial charge on any atom is -0.465 e. The molecule has 0 aliphatic carbocycles. The zero-order valence-corrected chi connectivity index (χ0v) is 11.2. The van der Waals surface area contributed by atoms with Crippen molar-refractivity contribution in [3.63, 3.8) is 0 Å². The predicted octanol–water partition coefficient (Wildman–Crippen LogP) is 1.98. The lowest BCUT2D eigenvalue weighted by Crippen LogP contribution is -2.39. The molecule has 104 valence electrons. The number of hydrogen-bond acceptors (Lipinski definition) is 4. The second-order valence-corrected chi connectivity index (χ2v) is 4.35. The molecule has 0 radical (unpaired) electrons. The first-order chi connectivity index (χ1) is 8.81. The first kappa shape index (κ1) is 15.1. The number of methoxy groups -OCH3 is 2. The third-order valence-corrected chi connectivity index (χ3v) is 2.69. The molecule has 0 saturated heterocycles. The highest BCUT2D eigenvalue weighted by Gasteiger charge is 2.28. The summed E-state index contributed by atoms with van der Waals surface area (Å²) >= 11 is 0. The van der Waals surface area contributed by atoms with Gasteiger partial charge in [-0.15, -0.1) is 0 Å². The molecule has 19 heavy (non-hydrogen) atoms. The van der Waals surface area contributed by atoms with Gasteiger partial charge in [-0.2, -0.15) is 0 Å². The highest BCUT2D eigenvalue weighted by molar-refractivity contribution is 6.03. The van der Waals surface area contributed by atoms with E-state index in [9.17, 15) is 14.0 Å². The molecule has 0 unspecified atom stereocenters. The van der Waals surface area contributed by atoms with Crippen molar-refractivity contribution in [3.8, 4) is 0 Å². The van der Waals surface area contributed by atoms with Gasteiger partial charge in [0.05, 0.1) is 18.4 Å². The number of nitrogens with one attached hydrogen (secondary N) is 1. The minimum absolute atomic E-state index is 0.0530. The van der Waals surface area contributed by atoms with Crippen LogP contribution in [0.15, 0.2) is 18.2 Å². The van der Waals surface area contributed by atoms with Gasteiger partial charge < -0.3 is 14.8 Å². The molecular weight excluding hydrogens is 253 g/mol. The van der Waals surface area contributed by atoms with Crippen molar-refractivity contribution in [1.29, 1.82) is 0 Å². The van der Waals surface area contributed by atoms with Crippen molar-refractivity contribution in [3.05, 3.63) is 29.6 Å². The van der Waals surface area contributed by atoms with Crippen LogP contribution >= 0.6 is 0 Å². The summed E-state index contributed by atoms with van der Waals surface area (Å²) in [5.74, 6) is -1.78. The predicted molar refractivity (Wildman–Crippen MR) is 67.5 cm³/mol. The fraction of sp³-hybridized carbons (Fsp3) is 0.385. The molecule has 0 bridgehead atoms. The average Bonchev–Trinajstić information content (AvgIpc) is 2.39. The van der Waals surface area contributed by atoms with Crippen LogP contribution in [0, 0.1) is 5.82 Å². The molecular formula is C13H16FNO4. The first-order valence-electron chi connectivity index (χ1n) is 5.56. The highest BCUT2D eigenvalue weighted by Crippen LogP contribution is 2.20. The Morgan fingerprint density at radius 3 is 2.42 bits per heavy atom. The van der Waals surface area contributed by atoms with E-state index in [4.69, 9.17) is 4.74 Å². The molecule has 0 aliphatic heterocycles. The lowest BCUT2D eigenvalue weighted by molar-refractivity contribution is -0.133. The lowest BCUT2D eigenvalue weighted by Gasteiger charge is -2.22. The maximum atomic E-state index is 13.1. The van der Waals surface area contributed by atoms with Crippen molar-refractivity contribution in [1.82, 2.24) is 0 Å². The summed E-state index contributed by atoms with van der Waals surface area (Å²) in [6.45, 7) is 3.15. The number of esters is 1. The van der Waals surface area contributed by atoms with Crippen LogP contribution in [-0.2, 0) is 14.3 Å². The second-order valence-electron chi connectivity index (χ2n) is 4.35. The van der Waals surface area contributed by atoms with E-state index in [1.54, 1.807) is 13.8 Å². The van der Waals surface area contributed by atoms with E-state index in [1.165, 1.54) is 20.3 Å². The molecule has 0 aromatic heterocycles. The highest BCUT2D eigenvalue weighted by atomic mass is 19.1. The Balaban J connectivity index is 3.08. The largest absolute Gasteiger partial charge is 0.465 e. The zero-order valence-electron chi connectivity index (χ0n) is 11.2. The number of ether oxygens (including phenoxy) is 2. The summed E-state index contributed by atoms with van der Waals surface area (Å²) in [7, 11) is 2.57. The van der Waals surface area contributed by atoms with Crippen LogP contribution in [-0.4, -0.2) is 31.7 Å². The molecule has 1 aromatic rings. The standard InChI is InChI=1S/C13H16FNO4/c1-13(2,19-4)12(17)15-10-6-5-8(14)7-9(10)11(16)18-3/h5-7H,1-4H3,(H,15,17). The summed E-state index contributed by atoms with van der Waals surface area (Å²) in [6.07, 6.45) is 0. The van der Waals surface area contributed by atoms with Gasteiger partial charge in [0.1, 0.15) is 11.4 Å². The number of halogens is 1. The van der Waals surface area contributed by atoms with Gasteiger partial charge in [-0.25, -0.2) is 9.18 Å². The molecule has 6 heteroatoms. The molecule has 0 fully saturated rings. The van der Waals surface area contributed by atoms with Gasteiger partial charge in [-0.3, -0.25) is 4.79 Å². The molecule has 5 nitrogen and oxygen atoms in total. The smallest absolute Gasteiger partial charge is 0.340 e. The van der Waals surface area contributed by atoms with Crippen molar-refractivity contribution >= 4 is 17.6 Å². The van der Waals surface area contributed by atoms with Gasteiger partial charge in [0.2, 0.25) is 0 Å². The Morgan fingerprint density at radius 1 is 1.26 bits per heavy atom. The van der Waals surface area contributed by atoms with E-state index in [2.05, 4.69) is 10.1 Å². The molecule has 0 atom stereocenters. The number of carbonyl (C=O) groups excluding carboxylic acids is 2. The lowest BCUT2D eigenvalue weighted by atomic mass is 10.1. The minimum atomic E-state index is -1.07. The number of hydrogen-bond donors (Lipinski definition) is 1. The molecule has 1 rings (SSSR count). The third kappa shape index (κ3) is 3.51. The Kier molecular flexibility index (Phi) is 4.61. The number of benzene rings is 1. The monoisotopic (exact) mass is 269 g/mol. The van der Waals surface area contributed by atoms with E-state index in [0.717, 1.165) is 12.1 Å². The van der Waals surface area contributed by atoms with E-state index >= 15 is 0 Å². The fourth-order valence-corrected chi connectivity index (χ4v) is 1.27. The van der Waals surface area contributed by atoms with Crippen molar-refractivity contribution in [2.45, 2.75) is 19.4 Å². The van der Waals surface area contributed by atoms with Crippen LogP contribution in [0.25, 0.3) is 0 Å². The molecule has 1 amide bonds. The summed E-state index contributed by atoms with van der Waals surface area (Å²) in [5.41, 5.74) is -0.951. The van der Waals surface area contributed by atoms with Crippen LogP contribution in [0.2, 0.25) is 0 Å². The molecule has 0 heterocycles. The van der Waals surface area contributed by atoms with Gasteiger partial charge in [0, 0.05) is 7.11 Å². The SMILES string of the molecule is COC(=O)c1cc(F)ccc1NC(=O)C(C)(C)OC. The number of rotatable bonds is 4. The summed E-state index contributed by atoms with van der Waals surface area (Å²) < 4.78 is 22.7. The second kappa shape index (κ2) is 5.79. The number of amides is 1. The van der Waals surface area contributed by atoms with Gasteiger partial charge in [0.15, 0.2) is 0 Å². The normalized spacial score (nSPS) is 11.0. The van der Waals surface area contributed by atoms with Crippen molar-refractivity contribution in [2.24, 2.45) is 0 Å². The van der Waals surface area contributed by atoms with E-state index < -0.39 is 23.3 Å². The number of anilines is 1. The van der Waals surface area contributed by atoms with E-state index in [0.29, 0.717) is 0 Å². The van der Waals surface area contributed by atoms with Gasteiger partial charge in [0.25, 0.3) is 5.91 Å². The van der Waals surface area contributed by atoms with Crippen LogP contribution in [0.4, 0.5) is 10.1 Å². The first-order valence-corrected chi connectivity index (χ1v) is 5.56. The van der Waals surface area contributed by atoms with E-state index in [-0.39, 0.29) is 11.3 Å². The molecule has 0 spiro atoms. The zero-order chi connectivity index (χ0) is 14.6. The summed E-state index contributed by atoms with van der Waals surface area (Å²) in [4.78, 5) is 23.4. The fourth-order valence-electron chi connectivity index (χ4n) is 1.27. The van der Waals surface area contributed by atoms with E-state index in [1.807, 2.05) is 0 Å². The Hall–Kier alpha value is -1.95. The molecule has 0 saturated carbocycles. The van der Waals surface area contributed by atoms with Crippen LogP contribution in [0.1, 0.15) is 24.2 Å². The Morgan fingerprint density at radius 2 is 1.89 bits per heavy atom. The molecule has 1 N–H and O–H groups in total. The van der Waals surface area contributed by atoms with Gasteiger partial charge >= 0.3 is 5.97 Å². The Bertz CT molecular complexity index is 499. The Labute approximate surface area is 110 Å². The summed E-state index contributed by atoms with van der Waals surface area (Å²) in [6, 6.07) is 3.44. The quantitative estimate of drug-likeness (QED) is 0.849. The third-order valence-electron chi connectivity index (χ3n) is 2.69. The molecule has 1 aromatic carbocycles. The topological polar surface area (TPSA) is 64.6 Å². The van der Waals surface area contributed by atoms with Crippen molar-refractivity contribution < 1.29 is 23.5 Å². The summed E-state index contributed by atoms with van der Waals surface area (Å²) in [5, 5.41) is 2.51. The van der Waals surface area contributed by atoms with Crippen LogP contribution in [0.5, 0.6) is 0 Å². The maximum Gasteiger partial charge on any atom is 0.340 e. The maximum absolute atomic E-state index is 13.1. The average molecular weight is 269 g/mol.